The molecule has 3 aromatic rings. The zero-order valence-corrected chi connectivity index (χ0v) is 24.0. The van der Waals surface area contributed by atoms with Gasteiger partial charge >= 0.3 is 6.18 Å². The van der Waals surface area contributed by atoms with Crippen LogP contribution in [0.1, 0.15) is 46.3 Å². The van der Waals surface area contributed by atoms with Gasteiger partial charge in [0.1, 0.15) is 10.8 Å². The maximum Gasteiger partial charge on any atom is 0.390 e. The zero-order chi connectivity index (χ0) is 31.4. The van der Waals surface area contributed by atoms with Crippen molar-refractivity contribution in [2.24, 2.45) is 0 Å². The fourth-order valence-electron chi connectivity index (χ4n) is 4.01. The number of alkyl halides is 3. The Labute approximate surface area is 247 Å². The summed E-state index contributed by atoms with van der Waals surface area (Å²) in [6.07, 6.45) is -4.84. The first-order valence-corrected chi connectivity index (χ1v) is 15.5. The molecule has 0 spiro atoms. The third-order valence-electron chi connectivity index (χ3n) is 6.33. The minimum Gasteiger partial charge on any atom is -0.352 e. The normalized spacial score (nSPS) is 14.1. The number of hydrogen-bond acceptors (Lipinski definition) is 8. The summed E-state index contributed by atoms with van der Waals surface area (Å²) in [6.45, 7) is -0.425. The Morgan fingerprint density at radius 3 is 2.44 bits per heavy atom. The molecule has 228 valence electrons. The summed E-state index contributed by atoms with van der Waals surface area (Å²) >= 11 is 0.696. The molecule has 0 aliphatic heterocycles. The van der Waals surface area contributed by atoms with Gasteiger partial charge in [-0.05, 0) is 36.6 Å². The highest BCUT2D eigenvalue weighted by Gasteiger charge is 2.40. The van der Waals surface area contributed by atoms with Crippen molar-refractivity contribution in [3.63, 3.8) is 0 Å². The van der Waals surface area contributed by atoms with E-state index < -0.39 is 63.5 Å². The summed E-state index contributed by atoms with van der Waals surface area (Å²) in [5, 5.41) is 13.4. The van der Waals surface area contributed by atoms with Gasteiger partial charge in [-0.25, -0.2) is 17.8 Å². The number of rotatable bonds is 12. The Bertz CT molecular complexity index is 1680. The monoisotopic (exact) mass is 639 g/mol. The van der Waals surface area contributed by atoms with Crippen LogP contribution < -0.4 is 16.0 Å². The number of fused-ring (bicyclic) bond motifs is 1. The third kappa shape index (κ3) is 8.48. The van der Waals surface area contributed by atoms with Gasteiger partial charge in [0.05, 0.1) is 41.4 Å². The summed E-state index contributed by atoms with van der Waals surface area (Å²) in [5.74, 6) is -4.38. The van der Waals surface area contributed by atoms with Gasteiger partial charge in [0.15, 0.2) is 15.1 Å². The molecule has 1 unspecified atom stereocenters. The molecule has 1 fully saturated rings. The second-order valence-electron chi connectivity index (χ2n) is 9.77. The van der Waals surface area contributed by atoms with E-state index in [9.17, 15) is 36.0 Å². The Kier molecular flexibility index (Phi) is 9.65. The maximum absolute atomic E-state index is 15.1. The lowest BCUT2D eigenvalue weighted by Crippen LogP contribution is -2.41. The lowest BCUT2D eigenvalue weighted by atomic mass is 10.0. The Morgan fingerprint density at radius 2 is 1.81 bits per heavy atom. The molecule has 3 amide bonds. The smallest absolute Gasteiger partial charge is 0.352 e. The molecule has 43 heavy (non-hydrogen) atoms. The summed E-state index contributed by atoms with van der Waals surface area (Å²) in [5.41, 5.74) is 0.672. The van der Waals surface area contributed by atoms with Crippen molar-refractivity contribution in [2.45, 2.75) is 43.2 Å². The van der Waals surface area contributed by atoms with E-state index in [1.165, 1.54) is 30.3 Å². The Hall–Kier alpha value is -4.10. The van der Waals surface area contributed by atoms with E-state index in [0.717, 1.165) is 18.9 Å². The van der Waals surface area contributed by atoms with Crippen LogP contribution in [0.4, 0.5) is 17.6 Å². The van der Waals surface area contributed by atoms with E-state index in [1.807, 2.05) is 6.07 Å². The van der Waals surface area contributed by atoms with Crippen molar-refractivity contribution in [1.82, 2.24) is 20.9 Å². The zero-order valence-electron chi connectivity index (χ0n) is 22.3. The van der Waals surface area contributed by atoms with Crippen LogP contribution in [-0.2, 0) is 19.4 Å². The number of nitrogens with one attached hydrogen (secondary N) is 3. The minimum absolute atomic E-state index is 0.0231. The minimum atomic E-state index is -4.81. The second-order valence-corrected chi connectivity index (χ2v) is 13.0. The van der Waals surface area contributed by atoms with Crippen molar-refractivity contribution < 1.29 is 40.4 Å². The number of hydrogen-bond donors (Lipinski definition) is 3. The molecule has 0 saturated heterocycles. The molecule has 1 aliphatic rings. The van der Waals surface area contributed by atoms with Crippen molar-refractivity contribution in [3.8, 4) is 17.2 Å². The second kappa shape index (κ2) is 13.0. The molecule has 10 nitrogen and oxygen atoms in total. The summed E-state index contributed by atoms with van der Waals surface area (Å²) in [6, 6.07) is 10.1. The predicted molar refractivity (Wildman–Crippen MR) is 149 cm³/mol. The largest absolute Gasteiger partial charge is 0.390 e. The molecule has 1 aromatic heterocycles. The Balaban J connectivity index is 1.62. The first-order chi connectivity index (χ1) is 20.3. The van der Waals surface area contributed by atoms with Crippen molar-refractivity contribution in [1.29, 1.82) is 5.26 Å². The highest BCUT2D eigenvalue weighted by molar-refractivity contribution is 7.92. The van der Waals surface area contributed by atoms with Gasteiger partial charge in [0, 0.05) is 29.8 Å². The van der Waals surface area contributed by atoms with Crippen LogP contribution >= 0.6 is 11.3 Å². The molecular formula is C27H25F4N5O5S2. The van der Waals surface area contributed by atoms with Crippen molar-refractivity contribution >= 4 is 49.1 Å². The number of aromatic nitrogens is 1. The van der Waals surface area contributed by atoms with Gasteiger partial charge in [-0.2, -0.15) is 18.4 Å². The van der Waals surface area contributed by atoms with Crippen LogP contribution in [0.3, 0.4) is 0 Å². The number of thiazole rings is 1. The van der Waals surface area contributed by atoms with E-state index in [2.05, 4.69) is 20.9 Å². The van der Waals surface area contributed by atoms with E-state index in [1.54, 1.807) is 0 Å². The van der Waals surface area contributed by atoms with Gasteiger partial charge in [-0.15, -0.1) is 11.3 Å². The summed E-state index contributed by atoms with van der Waals surface area (Å²) in [7, 11) is -4.77. The predicted octanol–water partition coefficient (Wildman–Crippen LogP) is 3.55. The average molecular weight is 640 g/mol. The van der Waals surface area contributed by atoms with Gasteiger partial charge in [-0.3, -0.25) is 14.4 Å². The van der Waals surface area contributed by atoms with Crippen LogP contribution in [0.25, 0.3) is 21.3 Å². The van der Waals surface area contributed by atoms with Crippen LogP contribution in [0.2, 0.25) is 0 Å². The first kappa shape index (κ1) is 31.8. The number of nitrogens with zero attached hydrogens (tertiary/aromatic N) is 2. The number of carbonyl (C=O) groups is 3. The lowest BCUT2D eigenvalue weighted by Gasteiger charge is -2.16. The topological polar surface area (TPSA) is 158 Å². The lowest BCUT2D eigenvalue weighted by molar-refractivity contribution is -0.130. The molecular weight excluding hydrogens is 614 g/mol. The molecule has 3 N–H and O–H groups in total. The summed E-state index contributed by atoms with van der Waals surface area (Å²) < 4.78 is 80.1. The highest BCUT2D eigenvalue weighted by atomic mass is 32.2. The van der Waals surface area contributed by atoms with E-state index >= 15 is 4.39 Å². The molecule has 1 heterocycles. The van der Waals surface area contributed by atoms with Crippen LogP contribution in [0.15, 0.2) is 36.4 Å². The standard InChI is InChI=1S/C27H25F4N5O5S2/c28-19-13-20-21(12-18(19)15-2-4-16(5-3-15)24(38)33-10-1-9-32)42-26(36-20)23(43(40,41)11-8-27(29,30)31)25(39)34-14-22(37)35-17-6-7-17/h2-5,12-13,17,23H,1,6-8,10-11,14H2,(H,33,38)(H,34,39)(H,35,37). The van der Waals surface area contributed by atoms with Crippen LogP contribution in [0, 0.1) is 17.1 Å². The highest BCUT2D eigenvalue weighted by Crippen LogP contribution is 2.36. The Morgan fingerprint density at radius 1 is 1.12 bits per heavy atom. The molecule has 4 rings (SSSR count). The number of amides is 3. The van der Waals surface area contributed by atoms with Gasteiger partial charge in [0.2, 0.25) is 11.8 Å². The molecule has 0 bridgehead atoms. The molecule has 2 aromatic carbocycles. The number of sulfone groups is 1. The molecule has 1 atom stereocenters. The molecule has 1 aliphatic carbocycles. The number of carbonyl (C=O) groups excluding carboxylic acids is 3. The fourth-order valence-corrected chi connectivity index (χ4v) is 7.08. The van der Waals surface area contributed by atoms with Gasteiger partial charge in [0.25, 0.3) is 5.91 Å². The van der Waals surface area contributed by atoms with Crippen molar-refractivity contribution in [3.05, 3.63) is 52.8 Å². The van der Waals surface area contributed by atoms with Crippen LogP contribution in [-0.4, -0.2) is 62.2 Å². The van der Waals surface area contributed by atoms with Crippen LogP contribution in [0.5, 0.6) is 0 Å². The van der Waals surface area contributed by atoms with Gasteiger partial charge in [-0.1, -0.05) is 12.1 Å². The van der Waals surface area contributed by atoms with Crippen molar-refractivity contribution in [2.75, 3.05) is 18.8 Å². The molecule has 16 heteroatoms. The number of benzene rings is 2. The molecule has 1 saturated carbocycles. The fraction of sp³-hybridized carbons (Fsp3) is 0.370. The van der Waals surface area contributed by atoms with E-state index in [4.69, 9.17) is 5.26 Å². The third-order valence-corrected chi connectivity index (χ3v) is 9.49. The quantitative estimate of drug-likeness (QED) is 0.202. The van der Waals surface area contributed by atoms with Gasteiger partial charge < -0.3 is 16.0 Å². The van der Waals surface area contributed by atoms with E-state index in [-0.39, 0.29) is 45.4 Å². The number of halogens is 4. The first-order valence-electron chi connectivity index (χ1n) is 13.0. The molecule has 0 radical (unpaired) electrons. The maximum atomic E-state index is 15.1. The average Bonchev–Trinajstić information content (AvgIpc) is 3.67. The summed E-state index contributed by atoms with van der Waals surface area (Å²) in [4.78, 5) is 41.3. The number of nitriles is 1. The van der Waals surface area contributed by atoms with E-state index in [0.29, 0.717) is 16.9 Å². The SMILES string of the molecule is N#CCCNC(=O)c1ccc(-c2cc3sc(C(C(=O)NCC(=O)NC4CC4)S(=O)(=O)CCC(F)(F)F)nc3cc2F)cc1.